The second kappa shape index (κ2) is 6.78. The molecule has 23 heavy (non-hydrogen) atoms. The number of halogens is 1. The van der Waals surface area contributed by atoms with Crippen LogP contribution in [0, 0.1) is 0 Å². The minimum atomic E-state index is -0.239. The molecule has 0 saturated heterocycles. The fourth-order valence-corrected chi connectivity index (χ4v) is 2.59. The van der Waals surface area contributed by atoms with Crippen molar-refractivity contribution >= 4 is 33.4 Å². The number of fused-ring (bicyclic) bond motifs is 1. The summed E-state index contributed by atoms with van der Waals surface area (Å²) < 4.78 is 6.25. The highest BCUT2D eigenvalue weighted by molar-refractivity contribution is 9.10. The zero-order valence-corrected chi connectivity index (χ0v) is 13.7. The summed E-state index contributed by atoms with van der Waals surface area (Å²) in [7, 11) is 0. The highest BCUT2D eigenvalue weighted by Crippen LogP contribution is 2.34. The molecule has 7 heteroatoms. The molecule has 6 nitrogen and oxygen atoms in total. The third-order valence-corrected chi connectivity index (χ3v) is 3.87. The van der Waals surface area contributed by atoms with E-state index in [0.29, 0.717) is 18.0 Å². The van der Waals surface area contributed by atoms with Crippen LogP contribution in [0.25, 0.3) is 0 Å². The Kier molecular flexibility index (Phi) is 4.57. The van der Waals surface area contributed by atoms with Gasteiger partial charge in [0.1, 0.15) is 12.3 Å². The SMILES string of the molecule is O=C(CN1C(=O)COc2cc(Br)ccc21)NCc1cccnc1. The van der Waals surface area contributed by atoms with Crippen LogP contribution in [0.3, 0.4) is 0 Å². The third kappa shape index (κ3) is 3.68. The first kappa shape index (κ1) is 15.5. The molecular weight excluding hydrogens is 362 g/mol. The van der Waals surface area contributed by atoms with E-state index in [2.05, 4.69) is 26.2 Å². The first-order valence-corrected chi connectivity index (χ1v) is 7.81. The van der Waals surface area contributed by atoms with Gasteiger partial charge in [0.05, 0.1) is 5.69 Å². The smallest absolute Gasteiger partial charge is 0.265 e. The highest BCUT2D eigenvalue weighted by Gasteiger charge is 2.27. The van der Waals surface area contributed by atoms with Gasteiger partial charge in [-0.25, -0.2) is 0 Å². The van der Waals surface area contributed by atoms with Crippen LogP contribution < -0.4 is 15.0 Å². The standard InChI is InChI=1S/C16H14BrN3O3/c17-12-3-4-13-14(6-12)23-10-16(22)20(13)9-15(21)19-8-11-2-1-5-18-7-11/h1-7H,8-10H2,(H,19,21). The average Bonchev–Trinajstić information content (AvgIpc) is 2.56. The number of carbonyl (C=O) groups excluding carboxylic acids is 2. The van der Waals surface area contributed by atoms with Gasteiger partial charge in [0, 0.05) is 23.4 Å². The van der Waals surface area contributed by atoms with Crippen molar-refractivity contribution in [1.29, 1.82) is 0 Å². The van der Waals surface area contributed by atoms with E-state index >= 15 is 0 Å². The Bertz CT molecular complexity index is 737. The largest absolute Gasteiger partial charge is 0.482 e. The number of hydrogen-bond donors (Lipinski definition) is 1. The zero-order valence-electron chi connectivity index (χ0n) is 12.2. The van der Waals surface area contributed by atoms with Crippen molar-refractivity contribution in [3.05, 3.63) is 52.8 Å². The van der Waals surface area contributed by atoms with E-state index in [1.807, 2.05) is 6.07 Å². The highest BCUT2D eigenvalue weighted by atomic mass is 79.9. The Morgan fingerprint density at radius 2 is 2.26 bits per heavy atom. The van der Waals surface area contributed by atoms with Gasteiger partial charge in [-0.1, -0.05) is 22.0 Å². The zero-order chi connectivity index (χ0) is 16.2. The van der Waals surface area contributed by atoms with Gasteiger partial charge in [-0.2, -0.15) is 0 Å². The molecule has 118 valence electrons. The lowest BCUT2D eigenvalue weighted by Gasteiger charge is -2.29. The molecule has 0 spiro atoms. The number of carbonyl (C=O) groups is 2. The van der Waals surface area contributed by atoms with Crippen molar-refractivity contribution in [2.45, 2.75) is 6.54 Å². The van der Waals surface area contributed by atoms with Crippen LogP contribution in [0.4, 0.5) is 5.69 Å². The number of benzene rings is 1. The number of nitrogens with zero attached hydrogens (tertiary/aromatic N) is 2. The lowest BCUT2D eigenvalue weighted by molar-refractivity contribution is -0.125. The van der Waals surface area contributed by atoms with E-state index in [9.17, 15) is 9.59 Å². The summed E-state index contributed by atoms with van der Waals surface area (Å²) in [6, 6.07) is 9.02. The van der Waals surface area contributed by atoms with Gasteiger partial charge in [0.25, 0.3) is 5.91 Å². The summed E-state index contributed by atoms with van der Waals surface area (Å²) in [5.74, 6) is 0.105. The minimum absolute atomic E-state index is 0.0446. The molecule has 1 aromatic carbocycles. The third-order valence-electron chi connectivity index (χ3n) is 3.38. The van der Waals surface area contributed by atoms with Crippen LogP contribution in [0.15, 0.2) is 47.2 Å². The molecule has 0 unspecified atom stereocenters. The van der Waals surface area contributed by atoms with E-state index < -0.39 is 0 Å². The minimum Gasteiger partial charge on any atom is -0.482 e. The molecule has 0 saturated carbocycles. The van der Waals surface area contributed by atoms with Gasteiger partial charge in [0.2, 0.25) is 5.91 Å². The number of ether oxygens (including phenoxy) is 1. The van der Waals surface area contributed by atoms with E-state index in [4.69, 9.17) is 4.74 Å². The van der Waals surface area contributed by atoms with Crippen molar-refractivity contribution < 1.29 is 14.3 Å². The number of hydrogen-bond acceptors (Lipinski definition) is 4. The van der Waals surface area contributed by atoms with Crippen molar-refractivity contribution in [3.8, 4) is 5.75 Å². The predicted molar refractivity (Wildman–Crippen MR) is 88.1 cm³/mol. The Balaban J connectivity index is 1.67. The monoisotopic (exact) mass is 375 g/mol. The van der Waals surface area contributed by atoms with Gasteiger partial charge < -0.3 is 10.1 Å². The van der Waals surface area contributed by atoms with Gasteiger partial charge in [0.15, 0.2) is 6.61 Å². The molecule has 0 fully saturated rings. The Morgan fingerprint density at radius 3 is 3.04 bits per heavy atom. The van der Waals surface area contributed by atoms with Crippen molar-refractivity contribution in [1.82, 2.24) is 10.3 Å². The number of amides is 2. The fraction of sp³-hybridized carbons (Fsp3) is 0.188. The van der Waals surface area contributed by atoms with Crippen LogP contribution in [-0.2, 0) is 16.1 Å². The summed E-state index contributed by atoms with van der Waals surface area (Å²) in [5.41, 5.74) is 1.50. The van der Waals surface area contributed by atoms with Gasteiger partial charge in [-0.3, -0.25) is 19.5 Å². The number of rotatable bonds is 4. The van der Waals surface area contributed by atoms with E-state index in [-0.39, 0.29) is 25.0 Å². The van der Waals surface area contributed by atoms with E-state index in [1.165, 1.54) is 4.90 Å². The second-order valence-electron chi connectivity index (χ2n) is 5.02. The van der Waals surface area contributed by atoms with Gasteiger partial charge >= 0.3 is 0 Å². The number of anilines is 1. The summed E-state index contributed by atoms with van der Waals surface area (Å²) in [6.07, 6.45) is 3.36. The van der Waals surface area contributed by atoms with Crippen LogP contribution in [0.5, 0.6) is 5.75 Å². The topological polar surface area (TPSA) is 71.5 Å². The van der Waals surface area contributed by atoms with Crippen molar-refractivity contribution in [2.75, 3.05) is 18.1 Å². The Hall–Kier alpha value is -2.41. The molecule has 0 aliphatic carbocycles. The molecule has 1 aliphatic rings. The number of nitrogens with one attached hydrogen (secondary N) is 1. The first-order chi connectivity index (χ1) is 11.1. The molecular formula is C16H14BrN3O3. The Labute approximate surface area is 141 Å². The molecule has 2 amide bonds. The normalized spacial score (nSPS) is 13.3. The van der Waals surface area contributed by atoms with Crippen molar-refractivity contribution in [2.24, 2.45) is 0 Å². The first-order valence-electron chi connectivity index (χ1n) is 7.02. The average molecular weight is 376 g/mol. The molecule has 2 heterocycles. The predicted octanol–water partition coefficient (Wildman–Crippen LogP) is 1.89. The number of pyridine rings is 1. The van der Waals surface area contributed by atoms with E-state index in [0.717, 1.165) is 10.0 Å². The van der Waals surface area contributed by atoms with Gasteiger partial charge in [-0.15, -0.1) is 0 Å². The second-order valence-corrected chi connectivity index (χ2v) is 5.93. The summed E-state index contributed by atoms with van der Waals surface area (Å²) in [5, 5.41) is 2.79. The molecule has 1 aliphatic heterocycles. The van der Waals surface area contributed by atoms with Crippen LogP contribution in [0.2, 0.25) is 0 Å². The molecule has 1 N–H and O–H groups in total. The van der Waals surface area contributed by atoms with Crippen LogP contribution in [-0.4, -0.2) is 29.9 Å². The van der Waals surface area contributed by atoms with E-state index in [1.54, 1.807) is 36.7 Å². The maximum atomic E-state index is 12.1. The number of aromatic nitrogens is 1. The fourth-order valence-electron chi connectivity index (χ4n) is 2.25. The quantitative estimate of drug-likeness (QED) is 0.885. The van der Waals surface area contributed by atoms with Crippen LogP contribution in [0.1, 0.15) is 5.56 Å². The summed E-state index contributed by atoms with van der Waals surface area (Å²) in [6.45, 7) is 0.259. The molecule has 2 aromatic rings. The molecule has 1 aromatic heterocycles. The maximum absolute atomic E-state index is 12.1. The molecule has 0 bridgehead atoms. The lowest BCUT2D eigenvalue weighted by atomic mass is 10.2. The van der Waals surface area contributed by atoms with Crippen molar-refractivity contribution in [3.63, 3.8) is 0 Å². The maximum Gasteiger partial charge on any atom is 0.265 e. The van der Waals surface area contributed by atoms with Crippen LogP contribution >= 0.6 is 15.9 Å². The summed E-state index contributed by atoms with van der Waals surface area (Å²) in [4.78, 5) is 29.6. The molecule has 0 atom stereocenters. The lowest BCUT2D eigenvalue weighted by Crippen LogP contribution is -2.45. The Morgan fingerprint density at radius 1 is 1.39 bits per heavy atom. The van der Waals surface area contributed by atoms with Gasteiger partial charge in [-0.05, 0) is 29.8 Å². The summed E-state index contributed by atoms with van der Waals surface area (Å²) >= 11 is 3.36. The molecule has 3 rings (SSSR count). The molecule has 0 radical (unpaired) electrons.